The first-order valence-electron chi connectivity index (χ1n) is 10.0. The monoisotopic (exact) mass is 560 g/mol. The molecule has 4 rings (SSSR count). The van der Waals surface area contributed by atoms with Crippen molar-refractivity contribution >= 4 is 56.9 Å². The van der Waals surface area contributed by atoms with Crippen LogP contribution in [-0.4, -0.2) is 23.6 Å². The Morgan fingerprint density at radius 2 is 1.97 bits per heavy atom. The predicted molar refractivity (Wildman–Crippen MR) is 133 cm³/mol. The molecule has 34 heavy (non-hydrogen) atoms. The second kappa shape index (κ2) is 9.69. The number of ether oxygens (including phenoxy) is 2. The molecule has 1 aliphatic heterocycles. The zero-order chi connectivity index (χ0) is 24.6. The van der Waals surface area contributed by atoms with E-state index in [1.165, 1.54) is 18.6 Å². The highest BCUT2D eigenvalue weighted by atomic mass is 79.9. The molecule has 1 aromatic heterocycles. The van der Waals surface area contributed by atoms with Crippen LogP contribution < -0.4 is 19.6 Å². The molecule has 0 radical (unpaired) electrons. The average Bonchev–Trinajstić information content (AvgIpc) is 3.09. The number of carbonyl (C=O) groups excluding carboxylic acids is 2. The second-order valence-electron chi connectivity index (χ2n) is 7.37. The lowest BCUT2D eigenvalue weighted by atomic mass is 9.96. The van der Waals surface area contributed by atoms with Gasteiger partial charge in [0.2, 0.25) is 0 Å². The van der Waals surface area contributed by atoms with Gasteiger partial charge in [-0.15, -0.1) is 0 Å². The quantitative estimate of drug-likeness (QED) is 0.358. The van der Waals surface area contributed by atoms with Crippen LogP contribution in [0, 0.1) is 0 Å². The molecule has 0 saturated carbocycles. The second-order valence-corrected chi connectivity index (χ2v) is 9.70. The third kappa shape index (κ3) is 4.51. The van der Waals surface area contributed by atoms with Crippen LogP contribution >= 0.6 is 38.9 Å². The lowest BCUT2D eigenvalue weighted by Crippen LogP contribution is -2.39. The Hall–Kier alpha value is -3.01. The Labute approximate surface area is 211 Å². The van der Waals surface area contributed by atoms with Crippen LogP contribution in [0.4, 0.5) is 0 Å². The van der Waals surface area contributed by atoms with Crippen LogP contribution in [0.15, 0.2) is 68.0 Å². The zero-order valence-electron chi connectivity index (χ0n) is 18.3. The lowest BCUT2D eigenvalue weighted by molar-refractivity contribution is -0.136. The van der Waals surface area contributed by atoms with E-state index in [1.807, 2.05) is 0 Å². The third-order valence-electron chi connectivity index (χ3n) is 5.14. The molecule has 0 bridgehead atoms. The van der Waals surface area contributed by atoms with E-state index in [2.05, 4.69) is 20.9 Å². The van der Waals surface area contributed by atoms with Gasteiger partial charge in [-0.2, -0.15) is 0 Å². The normalized spacial score (nSPS) is 15.6. The molecule has 1 atom stereocenters. The summed E-state index contributed by atoms with van der Waals surface area (Å²) in [7, 11) is 1.28. The average molecular weight is 562 g/mol. The van der Waals surface area contributed by atoms with Gasteiger partial charge in [-0.25, -0.2) is 9.79 Å². The summed E-state index contributed by atoms with van der Waals surface area (Å²) in [5, 5.41) is 0.405. The summed E-state index contributed by atoms with van der Waals surface area (Å²) in [5.74, 6) is -0.754. The maximum absolute atomic E-state index is 13.6. The number of hydrogen-bond donors (Lipinski definition) is 0. The highest BCUT2D eigenvalue weighted by Crippen LogP contribution is 2.34. The molecule has 0 spiro atoms. The van der Waals surface area contributed by atoms with Crippen LogP contribution in [-0.2, 0) is 14.3 Å². The SMILES string of the molecule is COC(=O)C1=C(C)N=c2s/c(=C\c3cc(Br)ccc3OC(C)=O)c(=O)n2C1c1ccccc1Cl. The summed E-state index contributed by atoms with van der Waals surface area (Å²) >= 11 is 11.1. The fourth-order valence-corrected chi connectivity index (χ4v) is 5.36. The number of esters is 2. The number of allylic oxidation sites excluding steroid dienone is 1. The lowest BCUT2D eigenvalue weighted by Gasteiger charge is -2.25. The van der Waals surface area contributed by atoms with Crippen molar-refractivity contribution < 1.29 is 19.1 Å². The van der Waals surface area contributed by atoms with Crippen molar-refractivity contribution in [1.82, 2.24) is 4.57 Å². The largest absolute Gasteiger partial charge is 0.466 e. The van der Waals surface area contributed by atoms with E-state index in [9.17, 15) is 14.4 Å². The van der Waals surface area contributed by atoms with E-state index in [1.54, 1.807) is 55.5 Å². The number of thiazole rings is 1. The van der Waals surface area contributed by atoms with Gasteiger partial charge in [-0.05, 0) is 42.8 Å². The molecule has 1 unspecified atom stereocenters. The van der Waals surface area contributed by atoms with E-state index in [0.717, 1.165) is 15.8 Å². The summed E-state index contributed by atoms with van der Waals surface area (Å²) in [5.41, 5.74) is 1.42. The first kappa shape index (κ1) is 24.1. The predicted octanol–water partition coefficient (Wildman–Crippen LogP) is 3.75. The van der Waals surface area contributed by atoms with E-state index < -0.39 is 18.0 Å². The van der Waals surface area contributed by atoms with Crippen molar-refractivity contribution in [3.63, 3.8) is 0 Å². The fraction of sp³-hybridized carbons (Fsp3) is 0.167. The van der Waals surface area contributed by atoms with Crippen molar-refractivity contribution in [3.8, 4) is 5.75 Å². The van der Waals surface area contributed by atoms with Crippen LogP contribution in [0.3, 0.4) is 0 Å². The number of hydrogen-bond acceptors (Lipinski definition) is 7. The topological polar surface area (TPSA) is 87.0 Å². The molecule has 3 aromatic rings. The molecule has 0 saturated heterocycles. The van der Waals surface area contributed by atoms with Gasteiger partial charge in [-0.1, -0.05) is 57.1 Å². The molecule has 174 valence electrons. The number of carbonyl (C=O) groups is 2. The van der Waals surface area contributed by atoms with Gasteiger partial charge in [-0.3, -0.25) is 14.2 Å². The van der Waals surface area contributed by atoms with E-state index >= 15 is 0 Å². The van der Waals surface area contributed by atoms with Crippen LogP contribution in [0.25, 0.3) is 6.08 Å². The zero-order valence-corrected chi connectivity index (χ0v) is 21.5. The first-order valence-corrected chi connectivity index (χ1v) is 12.0. The van der Waals surface area contributed by atoms with Gasteiger partial charge in [0, 0.05) is 22.0 Å². The molecule has 1 aliphatic rings. The van der Waals surface area contributed by atoms with Crippen LogP contribution in [0.1, 0.15) is 31.0 Å². The summed E-state index contributed by atoms with van der Waals surface area (Å²) < 4.78 is 12.8. The van der Waals surface area contributed by atoms with Gasteiger partial charge in [0.05, 0.1) is 22.9 Å². The number of aromatic nitrogens is 1. The highest BCUT2D eigenvalue weighted by Gasteiger charge is 2.34. The maximum Gasteiger partial charge on any atom is 0.338 e. The molecular formula is C24H18BrClN2O5S. The molecule has 2 heterocycles. The molecule has 0 amide bonds. The molecule has 0 fully saturated rings. The number of nitrogens with zero attached hydrogens (tertiary/aromatic N) is 2. The minimum absolute atomic E-state index is 0.234. The number of benzene rings is 2. The molecular weight excluding hydrogens is 544 g/mol. The number of halogens is 2. The summed E-state index contributed by atoms with van der Waals surface area (Å²) in [6, 6.07) is 11.3. The van der Waals surface area contributed by atoms with Crippen molar-refractivity contribution in [3.05, 3.63) is 94.0 Å². The molecule has 0 aliphatic carbocycles. The Bertz CT molecular complexity index is 1540. The minimum Gasteiger partial charge on any atom is -0.466 e. The fourth-order valence-electron chi connectivity index (χ4n) is 3.70. The van der Waals surface area contributed by atoms with Crippen LogP contribution in [0.2, 0.25) is 5.02 Å². The number of rotatable bonds is 4. The smallest absolute Gasteiger partial charge is 0.338 e. The summed E-state index contributed by atoms with van der Waals surface area (Å²) in [4.78, 5) is 42.8. The van der Waals surface area contributed by atoms with Crippen molar-refractivity contribution in [1.29, 1.82) is 0 Å². The Morgan fingerprint density at radius 1 is 1.24 bits per heavy atom. The third-order valence-corrected chi connectivity index (χ3v) is 6.96. The molecule has 7 nitrogen and oxygen atoms in total. The van der Waals surface area contributed by atoms with Crippen LogP contribution in [0.5, 0.6) is 5.75 Å². The van der Waals surface area contributed by atoms with Crippen molar-refractivity contribution in [2.45, 2.75) is 19.9 Å². The standard InChI is InChI=1S/C24H18BrClN2O5S/c1-12-20(23(31)32-3)21(16-6-4-5-7-17(16)26)28-22(30)19(34-24(28)27-12)11-14-10-15(25)8-9-18(14)33-13(2)29/h4-11,21H,1-3H3/b19-11-. The number of fused-ring (bicyclic) bond motifs is 1. The minimum atomic E-state index is -0.810. The maximum atomic E-state index is 13.6. The molecule has 10 heteroatoms. The Balaban J connectivity index is 2.00. The van der Waals surface area contributed by atoms with Crippen molar-refractivity contribution in [2.24, 2.45) is 4.99 Å². The molecule has 0 N–H and O–H groups in total. The summed E-state index contributed by atoms with van der Waals surface area (Å²) in [6.45, 7) is 3.00. The van der Waals surface area contributed by atoms with Gasteiger partial charge < -0.3 is 9.47 Å². The van der Waals surface area contributed by atoms with E-state index in [-0.39, 0.29) is 11.1 Å². The van der Waals surface area contributed by atoms with Crippen molar-refractivity contribution in [2.75, 3.05) is 7.11 Å². The number of methoxy groups -OCH3 is 1. The van der Waals surface area contributed by atoms with Gasteiger partial charge in [0.15, 0.2) is 4.80 Å². The Morgan fingerprint density at radius 3 is 2.65 bits per heavy atom. The van der Waals surface area contributed by atoms with E-state index in [0.29, 0.717) is 36.9 Å². The van der Waals surface area contributed by atoms with E-state index in [4.69, 9.17) is 21.1 Å². The molecule has 2 aromatic carbocycles. The van der Waals surface area contributed by atoms with Gasteiger partial charge in [0.25, 0.3) is 5.56 Å². The van der Waals surface area contributed by atoms with Gasteiger partial charge in [0.1, 0.15) is 11.8 Å². The first-order chi connectivity index (χ1) is 16.2. The highest BCUT2D eigenvalue weighted by molar-refractivity contribution is 9.10. The Kier molecular flexibility index (Phi) is 6.88. The van der Waals surface area contributed by atoms with Gasteiger partial charge >= 0.3 is 11.9 Å². The summed E-state index contributed by atoms with van der Waals surface area (Å²) in [6.07, 6.45) is 1.63.